The van der Waals surface area contributed by atoms with Crippen LogP contribution in [0, 0.1) is 13.8 Å². The lowest BCUT2D eigenvalue weighted by molar-refractivity contribution is 0.0943. The largest absolute Gasteiger partial charge is 0.350 e. The van der Waals surface area contributed by atoms with Crippen molar-refractivity contribution in [3.05, 3.63) is 59.2 Å². The summed E-state index contributed by atoms with van der Waals surface area (Å²) in [6, 6.07) is 11.5. The normalized spacial score (nSPS) is 11.4. The van der Waals surface area contributed by atoms with Crippen molar-refractivity contribution < 1.29 is 13.2 Å². The smallest absolute Gasteiger partial charge is 0.261 e. The first-order valence-corrected chi connectivity index (χ1v) is 9.18. The second-order valence-electron chi connectivity index (χ2n) is 6.08. The quantitative estimate of drug-likeness (QED) is 0.873. The molecule has 2 N–H and O–H groups in total. The van der Waals surface area contributed by atoms with Gasteiger partial charge >= 0.3 is 0 Å². The molecule has 2 rings (SSSR count). The number of hydrogen-bond donors (Lipinski definition) is 2. The van der Waals surface area contributed by atoms with Gasteiger partial charge in [-0.25, -0.2) is 8.42 Å². The molecule has 0 fully saturated rings. The summed E-state index contributed by atoms with van der Waals surface area (Å²) >= 11 is 0. The van der Waals surface area contributed by atoms with Crippen molar-refractivity contribution in [2.45, 2.75) is 38.6 Å². The molecule has 1 amide bonds. The zero-order valence-electron chi connectivity index (χ0n) is 14.3. The van der Waals surface area contributed by atoms with E-state index in [0.29, 0.717) is 11.3 Å². The minimum Gasteiger partial charge on any atom is -0.350 e. The van der Waals surface area contributed by atoms with Gasteiger partial charge in [0.25, 0.3) is 15.9 Å². The molecule has 24 heavy (non-hydrogen) atoms. The summed E-state index contributed by atoms with van der Waals surface area (Å²) in [5.74, 6) is -0.226. The van der Waals surface area contributed by atoms with E-state index >= 15 is 0 Å². The Balaban J connectivity index is 2.23. The van der Waals surface area contributed by atoms with Crippen molar-refractivity contribution >= 4 is 21.6 Å². The molecule has 0 aliphatic carbocycles. The Labute approximate surface area is 143 Å². The Bertz CT molecular complexity index is 841. The van der Waals surface area contributed by atoms with Crippen LogP contribution in [0.25, 0.3) is 0 Å². The Morgan fingerprint density at radius 1 is 1.00 bits per heavy atom. The summed E-state index contributed by atoms with van der Waals surface area (Å²) in [4.78, 5) is 12.0. The number of hydrogen-bond acceptors (Lipinski definition) is 3. The van der Waals surface area contributed by atoms with E-state index in [1.54, 1.807) is 6.07 Å². The van der Waals surface area contributed by atoms with Gasteiger partial charge in [-0.3, -0.25) is 9.52 Å². The van der Waals surface area contributed by atoms with Gasteiger partial charge in [0.15, 0.2) is 0 Å². The van der Waals surface area contributed by atoms with E-state index in [2.05, 4.69) is 10.0 Å². The van der Waals surface area contributed by atoms with Gasteiger partial charge < -0.3 is 5.32 Å². The number of nitrogens with one attached hydrogen (secondary N) is 2. The SMILES string of the molecule is Cc1ccc(C)c(NS(=O)(=O)c2ccc(C(=O)NC(C)C)cc2)c1. The van der Waals surface area contributed by atoms with Crippen molar-refractivity contribution in [1.29, 1.82) is 0 Å². The molecule has 0 radical (unpaired) electrons. The highest BCUT2D eigenvalue weighted by Gasteiger charge is 2.16. The van der Waals surface area contributed by atoms with Crippen LogP contribution in [0.3, 0.4) is 0 Å². The van der Waals surface area contributed by atoms with E-state index < -0.39 is 10.0 Å². The van der Waals surface area contributed by atoms with Crippen LogP contribution < -0.4 is 10.0 Å². The molecule has 128 valence electrons. The molecule has 5 nitrogen and oxygen atoms in total. The molecule has 0 aliphatic rings. The molecule has 0 bridgehead atoms. The molecule has 0 aromatic heterocycles. The molecule has 0 spiro atoms. The van der Waals surface area contributed by atoms with Crippen LogP contribution in [0.15, 0.2) is 47.4 Å². The van der Waals surface area contributed by atoms with Gasteiger partial charge in [-0.2, -0.15) is 0 Å². The van der Waals surface area contributed by atoms with Crippen LogP contribution in [-0.4, -0.2) is 20.4 Å². The molecule has 0 atom stereocenters. The molecule has 6 heteroatoms. The second kappa shape index (κ2) is 7.05. The highest BCUT2D eigenvalue weighted by Crippen LogP contribution is 2.21. The van der Waals surface area contributed by atoms with E-state index in [1.807, 2.05) is 39.8 Å². The number of amides is 1. The molecular weight excluding hydrogens is 324 g/mol. The number of carbonyl (C=O) groups is 1. The number of benzene rings is 2. The van der Waals surface area contributed by atoms with E-state index in [1.165, 1.54) is 24.3 Å². The van der Waals surface area contributed by atoms with Crippen molar-refractivity contribution in [1.82, 2.24) is 5.32 Å². The first kappa shape index (κ1) is 18.0. The zero-order chi connectivity index (χ0) is 17.9. The lowest BCUT2D eigenvalue weighted by Gasteiger charge is -2.12. The van der Waals surface area contributed by atoms with Gasteiger partial charge in [0.05, 0.1) is 10.6 Å². The highest BCUT2D eigenvalue weighted by atomic mass is 32.2. The third-order valence-electron chi connectivity index (χ3n) is 3.48. The van der Waals surface area contributed by atoms with Gasteiger partial charge in [-0.15, -0.1) is 0 Å². The maximum Gasteiger partial charge on any atom is 0.261 e. The Morgan fingerprint density at radius 3 is 2.21 bits per heavy atom. The summed E-state index contributed by atoms with van der Waals surface area (Å²) < 4.78 is 27.6. The topological polar surface area (TPSA) is 75.3 Å². The molecule has 0 aliphatic heterocycles. The van der Waals surface area contributed by atoms with E-state index in [-0.39, 0.29) is 16.8 Å². The third kappa shape index (κ3) is 4.35. The number of rotatable bonds is 5. The summed E-state index contributed by atoms with van der Waals surface area (Å²) in [6.07, 6.45) is 0. The summed E-state index contributed by atoms with van der Waals surface area (Å²) in [6.45, 7) is 7.48. The van der Waals surface area contributed by atoms with Crippen LogP contribution in [0.5, 0.6) is 0 Å². The van der Waals surface area contributed by atoms with Gasteiger partial charge in [0.2, 0.25) is 0 Å². The van der Waals surface area contributed by atoms with Gasteiger partial charge in [0.1, 0.15) is 0 Å². The number of anilines is 1. The van der Waals surface area contributed by atoms with Crippen LogP contribution in [0.4, 0.5) is 5.69 Å². The molecule has 0 saturated heterocycles. The van der Waals surface area contributed by atoms with E-state index in [0.717, 1.165) is 11.1 Å². The molecular formula is C18H22N2O3S. The predicted molar refractivity (Wildman–Crippen MR) is 95.8 cm³/mol. The van der Waals surface area contributed by atoms with Crippen LogP contribution in [0.1, 0.15) is 35.3 Å². The standard InChI is InChI=1S/C18H22N2O3S/c1-12(2)19-18(21)15-7-9-16(10-8-15)24(22,23)20-17-11-13(3)5-6-14(17)4/h5-12,20H,1-4H3,(H,19,21). The lowest BCUT2D eigenvalue weighted by atomic mass is 10.1. The molecule has 0 unspecified atom stereocenters. The Kier molecular flexibility index (Phi) is 5.29. The Hall–Kier alpha value is -2.34. The van der Waals surface area contributed by atoms with Crippen LogP contribution in [-0.2, 0) is 10.0 Å². The number of carbonyl (C=O) groups excluding carboxylic acids is 1. The van der Waals surface area contributed by atoms with Crippen molar-refractivity contribution in [3.8, 4) is 0 Å². The van der Waals surface area contributed by atoms with Gasteiger partial charge in [-0.05, 0) is 69.2 Å². The number of sulfonamides is 1. The minimum atomic E-state index is -3.70. The highest BCUT2D eigenvalue weighted by molar-refractivity contribution is 7.92. The fraction of sp³-hybridized carbons (Fsp3) is 0.278. The summed E-state index contributed by atoms with van der Waals surface area (Å²) in [5.41, 5.74) is 2.79. The minimum absolute atomic E-state index is 0.0203. The lowest BCUT2D eigenvalue weighted by Crippen LogP contribution is -2.30. The average molecular weight is 346 g/mol. The molecule has 0 heterocycles. The van der Waals surface area contributed by atoms with Crippen molar-refractivity contribution in [2.75, 3.05) is 4.72 Å². The van der Waals surface area contributed by atoms with Gasteiger partial charge in [0, 0.05) is 11.6 Å². The zero-order valence-corrected chi connectivity index (χ0v) is 15.1. The summed E-state index contributed by atoms with van der Waals surface area (Å²) in [7, 11) is -3.70. The monoisotopic (exact) mass is 346 g/mol. The first-order valence-electron chi connectivity index (χ1n) is 7.70. The van der Waals surface area contributed by atoms with Crippen molar-refractivity contribution in [2.24, 2.45) is 0 Å². The average Bonchev–Trinajstić information content (AvgIpc) is 2.50. The molecule has 2 aromatic carbocycles. The maximum atomic E-state index is 12.5. The molecule has 2 aromatic rings. The fourth-order valence-electron chi connectivity index (χ4n) is 2.18. The van der Waals surface area contributed by atoms with E-state index in [9.17, 15) is 13.2 Å². The van der Waals surface area contributed by atoms with Crippen LogP contribution >= 0.6 is 0 Å². The predicted octanol–water partition coefficient (Wildman–Crippen LogP) is 3.24. The maximum absolute atomic E-state index is 12.5. The fourth-order valence-corrected chi connectivity index (χ4v) is 3.30. The second-order valence-corrected chi connectivity index (χ2v) is 7.76. The number of aryl methyl sites for hydroxylation is 2. The Morgan fingerprint density at radius 2 is 1.62 bits per heavy atom. The van der Waals surface area contributed by atoms with Gasteiger partial charge in [-0.1, -0.05) is 12.1 Å². The summed E-state index contributed by atoms with van der Waals surface area (Å²) in [5, 5.41) is 2.77. The van der Waals surface area contributed by atoms with E-state index in [4.69, 9.17) is 0 Å². The van der Waals surface area contributed by atoms with Crippen LogP contribution in [0.2, 0.25) is 0 Å². The third-order valence-corrected chi connectivity index (χ3v) is 4.87. The van der Waals surface area contributed by atoms with Crippen molar-refractivity contribution in [3.63, 3.8) is 0 Å². The first-order chi connectivity index (χ1) is 11.2. The molecule has 0 saturated carbocycles.